The number of halogens is 3. The van der Waals surface area contributed by atoms with Crippen LogP contribution in [0.25, 0.3) is 0 Å². The normalized spacial score (nSPS) is 10.9. The van der Waals surface area contributed by atoms with Gasteiger partial charge < -0.3 is 9.47 Å². The van der Waals surface area contributed by atoms with E-state index in [0.717, 1.165) is 30.5 Å². The van der Waals surface area contributed by atoms with Crippen molar-refractivity contribution in [2.75, 3.05) is 6.54 Å². The zero-order valence-corrected chi connectivity index (χ0v) is 18.5. The van der Waals surface area contributed by atoms with Gasteiger partial charge in [-0.1, -0.05) is 55.1 Å². The maximum Gasteiger partial charge on any atom is 0.254 e. The van der Waals surface area contributed by atoms with E-state index in [0.29, 0.717) is 35.2 Å². The first kappa shape index (κ1) is 22.4. The van der Waals surface area contributed by atoms with Crippen molar-refractivity contribution in [1.82, 2.24) is 9.47 Å². The average Bonchev–Trinajstić information content (AvgIpc) is 3.15. The van der Waals surface area contributed by atoms with E-state index in [1.807, 2.05) is 33.9 Å². The first-order chi connectivity index (χ1) is 14.5. The molecule has 158 valence electrons. The molecule has 0 bridgehead atoms. The molecule has 0 aliphatic rings. The molecular formula is C24H25Cl2FN2O. The maximum atomic E-state index is 13.6. The number of amides is 1. The summed E-state index contributed by atoms with van der Waals surface area (Å²) < 4.78 is 15.6. The number of benzene rings is 2. The Morgan fingerprint density at radius 3 is 2.60 bits per heavy atom. The van der Waals surface area contributed by atoms with Crippen LogP contribution >= 0.6 is 23.2 Å². The molecule has 0 spiro atoms. The van der Waals surface area contributed by atoms with E-state index in [4.69, 9.17) is 23.2 Å². The number of unbranched alkanes of at least 4 members (excludes halogenated alkanes) is 2. The summed E-state index contributed by atoms with van der Waals surface area (Å²) in [6.45, 7) is 3.79. The van der Waals surface area contributed by atoms with Crippen LogP contribution in [0.1, 0.15) is 47.8 Å². The summed E-state index contributed by atoms with van der Waals surface area (Å²) in [5.41, 5.74) is 2.38. The highest BCUT2D eigenvalue weighted by atomic mass is 35.5. The maximum absolute atomic E-state index is 13.6. The van der Waals surface area contributed by atoms with Gasteiger partial charge in [0.15, 0.2) is 0 Å². The highest BCUT2D eigenvalue weighted by Crippen LogP contribution is 2.24. The molecule has 0 unspecified atom stereocenters. The van der Waals surface area contributed by atoms with Crippen LogP contribution in [0.2, 0.25) is 10.0 Å². The van der Waals surface area contributed by atoms with Crippen LogP contribution in [0.5, 0.6) is 0 Å². The molecule has 30 heavy (non-hydrogen) atoms. The third-order valence-electron chi connectivity index (χ3n) is 5.00. The summed E-state index contributed by atoms with van der Waals surface area (Å²) in [5, 5.41) is 0.792. The second-order valence-corrected chi connectivity index (χ2v) is 8.13. The van der Waals surface area contributed by atoms with Crippen molar-refractivity contribution >= 4 is 29.1 Å². The number of nitrogens with zero attached hydrogens (tertiary/aromatic N) is 2. The Hall–Kier alpha value is -2.30. The van der Waals surface area contributed by atoms with E-state index in [2.05, 4.69) is 6.92 Å². The van der Waals surface area contributed by atoms with Gasteiger partial charge in [-0.3, -0.25) is 4.79 Å². The number of aromatic nitrogens is 1. The van der Waals surface area contributed by atoms with Crippen molar-refractivity contribution in [3.63, 3.8) is 0 Å². The van der Waals surface area contributed by atoms with Gasteiger partial charge in [0.05, 0.1) is 16.6 Å². The Labute approximate surface area is 187 Å². The van der Waals surface area contributed by atoms with Crippen molar-refractivity contribution in [2.45, 2.75) is 39.3 Å². The third kappa shape index (κ3) is 5.87. The van der Waals surface area contributed by atoms with Crippen LogP contribution in [-0.2, 0) is 13.1 Å². The molecule has 0 saturated heterocycles. The SMILES string of the molecule is CCCCCN(Cc1cccn1Cc1cccc(F)c1)C(=O)c1ccc(Cl)c(Cl)c1. The topological polar surface area (TPSA) is 25.2 Å². The van der Waals surface area contributed by atoms with Crippen molar-refractivity contribution in [3.05, 3.63) is 93.5 Å². The summed E-state index contributed by atoms with van der Waals surface area (Å²) in [7, 11) is 0. The van der Waals surface area contributed by atoms with E-state index in [9.17, 15) is 9.18 Å². The third-order valence-corrected chi connectivity index (χ3v) is 5.74. The Morgan fingerprint density at radius 1 is 1.03 bits per heavy atom. The van der Waals surface area contributed by atoms with Gasteiger partial charge in [0.1, 0.15) is 5.82 Å². The minimum Gasteiger partial charge on any atom is -0.345 e. The largest absolute Gasteiger partial charge is 0.345 e. The van der Waals surface area contributed by atoms with Crippen LogP contribution < -0.4 is 0 Å². The predicted octanol–water partition coefficient (Wildman–Crippen LogP) is 6.81. The van der Waals surface area contributed by atoms with Crippen LogP contribution in [-0.4, -0.2) is 21.9 Å². The molecule has 2 aromatic carbocycles. The fourth-order valence-electron chi connectivity index (χ4n) is 3.39. The van der Waals surface area contributed by atoms with Crippen molar-refractivity contribution in [3.8, 4) is 0 Å². The first-order valence-corrected chi connectivity index (χ1v) is 10.9. The van der Waals surface area contributed by atoms with Gasteiger partial charge in [0.2, 0.25) is 0 Å². The fourth-order valence-corrected chi connectivity index (χ4v) is 3.69. The van der Waals surface area contributed by atoms with Gasteiger partial charge in [0, 0.05) is 30.5 Å². The molecule has 3 aromatic rings. The molecule has 0 radical (unpaired) electrons. The number of hydrogen-bond acceptors (Lipinski definition) is 1. The molecule has 3 nitrogen and oxygen atoms in total. The second kappa shape index (κ2) is 10.6. The Balaban J connectivity index is 1.80. The standard InChI is InChI=1S/C24H25Cl2FN2O/c1-2-3-4-12-29(24(30)19-10-11-22(25)23(26)15-19)17-21-9-6-13-28(21)16-18-7-5-8-20(27)14-18/h5-11,13-15H,2-4,12,16-17H2,1H3. The molecule has 1 aromatic heterocycles. The molecule has 3 rings (SSSR count). The lowest BCUT2D eigenvalue weighted by molar-refractivity contribution is 0.0736. The molecule has 0 atom stereocenters. The zero-order chi connectivity index (χ0) is 21.5. The summed E-state index contributed by atoms with van der Waals surface area (Å²) in [5.74, 6) is -0.333. The molecule has 1 heterocycles. The van der Waals surface area contributed by atoms with Crippen molar-refractivity contribution in [2.24, 2.45) is 0 Å². The Bertz CT molecular complexity index is 1000. The molecule has 0 aliphatic carbocycles. The van der Waals surface area contributed by atoms with E-state index in [1.165, 1.54) is 12.1 Å². The lowest BCUT2D eigenvalue weighted by atomic mass is 10.1. The molecule has 1 amide bonds. The monoisotopic (exact) mass is 446 g/mol. The smallest absolute Gasteiger partial charge is 0.254 e. The van der Waals surface area contributed by atoms with Crippen molar-refractivity contribution < 1.29 is 9.18 Å². The zero-order valence-electron chi connectivity index (χ0n) is 17.0. The Kier molecular flexibility index (Phi) is 7.94. The molecule has 6 heteroatoms. The van der Waals surface area contributed by atoms with E-state index < -0.39 is 0 Å². The first-order valence-electron chi connectivity index (χ1n) is 10.1. The fraction of sp³-hybridized carbons (Fsp3) is 0.292. The lowest BCUT2D eigenvalue weighted by Crippen LogP contribution is -2.32. The van der Waals surface area contributed by atoms with Crippen LogP contribution in [0.4, 0.5) is 4.39 Å². The molecular weight excluding hydrogens is 422 g/mol. The highest BCUT2D eigenvalue weighted by molar-refractivity contribution is 6.42. The van der Waals surface area contributed by atoms with Gasteiger partial charge in [0.25, 0.3) is 5.91 Å². The van der Waals surface area contributed by atoms with Gasteiger partial charge in [-0.15, -0.1) is 0 Å². The highest BCUT2D eigenvalue weighted by Gasteiger charge is 2.18. The number of carbonyl (C=O) groups is 1. The van der Waals surface area contributed by atoms with Gasteiger partial charge in [-0.25, -0.2) is 4.39 Å². The van der Waals surface area contributed by atoms with E-state index >= 15 is 0 Å². The number of rotatable bonds is 9. The molecule has 0 aliphatic heterocycles. The summed E-state index contributed by atoms with van der Waals surface area (Å²) in [4.78, 5) is 15.0. The van der Waals surface area contributed by atoms with Crippen LogP contribution in [0.3, 0.4) is 0 Å². The minimum atomic E-state index is -0.253. The van der Waals surface area contributed by atoms with Crippen LogP contribution in [0.15, 0.2) is 60.8 Å². The second-order valence-electron chi connectivity index (χ2n) is 7.32. The Morgan fingerprint density at radius 2 is 1.87 bits per heavy atom. The number of hydrogen-bond donors (Lipinski definition) is 0. The van der Waals surface area contributed by atoms with E-state index in [-0.39, 0.29) is 11.7 Å². The predicted molar refractivity (Wildman–Crippen MR) is 121 cm³/mol. The van der Waals surface area contributed by atoms with Gasteiger partial charge in [-0.05, 0) is 54.4 Å². The lowest BCUT2D eigenvalue weighted by Gasteiger charge is -2.24. The van der Waals surface area contributed by atoms with Crippen molar-refractivity contribution in [1.29, 1.82) is 0 Å². The average molecular weight is 447 g/mol. The quantitative estimate of drug-likeness (QED) is 0.331. The van der Waals surface area contributed by atoms with Gasteiger partial charge >= 0.3 is 0 Å². The van der Waals surface area contributed by atoms with E-state index in [1.54, 1.807) is 24.3 Å². The summed E-state index contributed by atoms with van der Waals surface area (Å²) in [6.07, 6.45) is 5.00. The van der Waals surface area contributed by atoms with Crippen LogP contribution in [0, 0.1) is 5.82 Å². The molecule has 0 fully saturated rings. The molecule has 0 N–H and O–H groups in total. The molecule has 0 saturated carbocycles. The number of carbonyl (C=O) groups excluding carboxylic acids is 1. The minimum absolute atomic E-state index is 0.0804. The van der Waals surface area contributed by atoms with Gasteiger partial charge in [-0.2, -0.15) is 0 Å². The summed E-state index contributed by atoms with van der Waals surface area (Å²) in [6, 6.07) is 15.5. The summed E-state index contributed by atoms with van der Waals surface area (Å²) >= 11 is 12.1.